The molecular formula is C23H18Cl2N4O2. The molecule has 3 heterocycles. The number of nitrogens with zero attached hydrogens (tertiary/aromatic N) is 4. The van der Waals surface area contributed by atoms with Gasteiger partial charge in [0.25, 0.3) is 11.5 Å². The number of aromatic nitrogens is 2. The summed E-state index contributed by atoms with van der Waals surface area (Å²) in [4.78, 5) is 34.6. The minimum absolute atomic E-state index is 0.101. The molecule has 0 unspecified atom stereocenters. The molecule has 0 radical (unpaired) electrons. The molecular weight excluding hydrogens is 435 g/mol. The van der Waals surface area contributed by atoms with Gasteiger partial charge in [-0.15, -0.1) is 0 Å². The Balaban J connectivity index is 1.40. The number of amides is 1. The zero-order valence-electron chi connectivity index (χ0n) is 16.5. The van der Waals surface area contributed by atoms with E-state index in [1.807, 2.05) is 29.2 Å². The van der Waals surface area contributed by atoms with E-state index in [-0.39, 0.29) is 11.5 Å². The molecule has 4 aromatic rings. The van der Waals surface area contributed by atoms with Gasteiger partial charge in [0.2, 0.25) is 0 Å². The average Bonchev–Trinajstić information content (AvgIpc) is 2.80. The normalized spacial score (nSPS) is 14.4. The number of hydrogen-bond acceptors (Lipinski definition) is 4. The van der Waals surface area contributed by atoms with Gasteiger partial charge >= 0.3 is 0 Å². The van der Waals surface area contributed by atoms with Crippen molar-refractivity contribution in [1.29, 1.82) is 0 Å². The zero-order valence-corrected chi connectivity index (χ0v) is 18.0. The summed E-state index contributed by atoms with van der Waals surface area (Å²) in [5, 5.41) is 1.59. The van der Waals surface area contributed by atoms with Crippen LogP contribution in [0.15, 0.2) is 65.6 Å². The highest BCUT2D eigenvalue weighted by atomic mass is 35.5. The first-order valence-corrected chi connectivity index (χ1v) is 10.7. The van der Waals surface area contributed by atoms with Gasteiger partial charge < -0.3 is 9.80 Å². The fourth-order valence-electron chi connectivity index (χ4n) is 3.91. The Hall–Kier alpha value is -3.09. The summed E-state index contributed by atoms with van der Waals surface area (Å²) in [6.07, 6.45) is 1.57. The topological polar surface area (TPSA) is 57.9 Å². The first kappa shape index (κ1) is 19.8. The molecule has 0 saturated carbocycles. The van der Waals surface area contributed by atoms with Crippen LogP contribution < -0.4 is 10.5 Å². The van der Waals surface area contributed by atoms with Gasteiger partial charge in [0.05, 0.1) is 16.5 Å². The number of fused-ring (bicyclic) bond motifs is 2. The number of carbonyl (C=O) groups is 1. The molecule has 1 amide bonds. The van der Waals surface area contributed by atoms with Crippen LogP contribution in [-0.2, 0) is 0 Å². The molecule has 0 bridgehead atoms. The SMILES string of the molecule is O=C(c1ccc2nc3ccc(Cl)cc3c(=O)n2c1)N1CCN(c2ccc(Cl)cc2)CC1. The third-order valence-electron chi connectivity index (χ3n) is 5.58. The number of benzene rings is 2. The molecule has 31 heavy (non-hydrogen) atoms. The van der Waals surface area contributed by atoms with Gasteiger partial charge in [-0.05, 0) is 54.6 Å². The zero-order chi connectivity index (χ0) is 21.5. The van der Waals surface area contributed by atoms with Crippen molar-refractivity contribution >= 4 is 51.3 Å². The first-order valence-electron chi connectivity index (χ1n) is 9.91. The van der Waals surface area contributed by atoms with Crippen LogP contribution in [-0.4, -0.2) is 46.4 Å². The van der Waals surface area contributed by atoms with Crippen LogP contribution in [0.25, 0.3) is 16.6 Å². The van der Waals surface area contributed by atoms with Crippen molar-refractivity contribution in [3.05, 3.63) is 86.8 Å². The lowest BCUT2D eigenvalue weighted by molar-refractivity contribution is 0.0746. The van der Waals surface area contributed by atoms with Crippen molar-refractivity contribution in [3.8, 4) is 0 Å². The lowest BCUT2D eigenvalue weighted by Gasteiger charge is -2.36. The van der Waals surface area contributed by atoms with Gasteiger partial charge in [-0.1, -0.05) is 23.2 Å². The Bertz CT molecular complexity index is 1360. The summed E-state index contributed by atoms with van der Waals surface area (Å²) in [5.41, 5.74) is 2.36. The minimum atomic E-state index is -0.246. The van der Waals surface area contributed by atoms with Crippen LogP contribution in [0, 0.1) is 0 Å². The summed E-state index contributed by atoms with van der Waals surface area (Å²) >= 11 is 12.0. The highest BCUT2D eigenvalue weighted by Gasteiger charge is 2.23. The van der Waals surface area contributed by atoms with Gasteiger partial charge in [-0.25, -0.2) is 4.98 Å². The van der Waals surface area contributed by atoms with E-state index < -0.39 is 0 Å². The van der Waals surface area contributed by atoms with Gasteiger partial charge in [0, 0.05) is 48.1 Å². The highest BCUT2D eigenvalue weighted by Crippen LogP contribution is 2.21. The number of rotatable bonds is 2. The summed E-state index contributed by atoms with van der Waals surface area (Å²) in [6, 6.07) is 16.1. The van der Waals surface area contributed by atoms with E-state index in [0.29, 0.717) is 45.2 Å². The molecule has 2 aromatic heterocycles. The fourth-order valence-corrected chi connectivity index (χ4v) is 4.20. The van der Waals surface area contributed by atoms with Crippen LogP contribution in [0.5, 0.6) is 0 Å². The monoisotopic (exact) mass is 452 g/mol. The molecule has 1 saturated heterocycles. The van der Waals surface area contributed by atoms with Gasteiger partial charge in [-0.2, -0.15) is 0 Å². The number of anilines is 1. The molecule has 0 atom stereocenters. The van der Waals surface area contributed by atoms with Crippen LogP contribution in [0.3, 0.4) is 0 Å². The standard InChI is InChI=1S/C23H18Cl2N4O2/c24-16-2-5-18(6-3-16)27-9-11-28(12-10-27)22(30)15-1-8-21-26-20-7-4-17(25)13-19(20)23(31)29(21)14-15/h1-8,13-14H,9-12H2. The lowest BCUT2D eigenvalue weighted by Crippen LogP contribution is -2.48. The Morgan fingerprint density at radius 2 is 1.58 bits per heavy atom. The van der Waals surface area contributed by atoms with Gasteiger partial charge in [-0.3, -0.25) is 14.0 Å². The molecule has 1 aliphatic heterocycles. The van der Waals surface area contributed by atoms with E-state index in [1.54, 1.807) is 36.5 Å². The summed E-state index contributed by atoms with van der Waals surface area (Å²) in [6.45, 7) is 2.65. The minimum Gasteiger partial charge on any atom is -0.368 e. The van der Waals surface area contributed by atoms with E-state index in [2.05, 4.69) is 9.88 Å². The van der Waals surface area contributed by atoms with Crippen molar-refractivity contribution in [2.75, 3.05) is 31.1 Å². The van der Waals surface area contributed by atoms with Crippen LogP contribution in [0.4, 0.5) is 5.69 Å². The Morgan fingerprint density at radius 1 is 0.871 bits per heavy atom. The third-order valence-corrected chi connectivity index (χ3v) is 6.06. The molecule has 1 aliphatic rings. The Morgan fingerprint density at radius 3 is 2.32 bits per heavy atom. The molecule has 2 aromatic carbocycles. The summed E-state index contributed by atoms with van der Waals surface area (Å²) < 4.78 is 1.41. The van der Waals surface area contributed by atoms with Crippen molar-refractivity contribution in [3.63, 3.8) is 0 Å². The first-order chi connectivity index (χ1) is 15.0. The second kappa shape index (κ2) is 7.87. The number of halogens is 2. The average molecular weight is 453 g/mol. The van der Waals surface area contributed by atoms with E-state index in [1.165, 1.54) is 4.40 Å². The van der Waals surface area contributed by atoms with Crippen LogP contribution in [0.2, 0.25) is 10.0 Å². The van der Waals surface area contributed by atoms with Crippen molar-refractivity contribution < 1.29 is 4.79 Å². The summed E-state index contributed by atoms with van der Waals surface area (Å²) in [5.74, 6) is -0.101. The maximum atomic E-state index is 13.1. The largest absolute Gasteiger partial charge is 0.368 e. The molecule has 0 aliphatic carbocycles. The van der Waals surface area contributed by atoms with E-state index in [4.69, 9.17) is 23.2 Å². The quantitative estimate of drug-likeness (QED) is 0.429. The second-order valence-corrected chi connectivity index (χ2v) is 8.35. The van der Waals surface area contributed by atoms with Crippen molar-refractivity contribution in [1.82, 2.24) is 14.3 Å². The Labute approximate surface area is 188 Å². The van der Waals surface area contributed by atoms with Gasteiger partial charge in [0.1, 0.15) is 5.65 Å². The van der Waals surface area contributed by atoms with Crippen molar-refractivity contribution in [2.45, 2.75) is 0 Å². The maximum Gasteiger partial charge on any atom is 0.265 e. The molecule has 0 N–H and O–H groups in total. The predicted molar refractivity (Wildman–Crippen MR) is 124 cm³/mol. The van der Waals surface area contributed by atoms with Crippen LogP contribution >= 0.6 is 23.2 Å². The molecule has 0 spiro atoms. The van der Waals surface area contributed by atoms with E-state index in [9.17, 15) is 9.59 Å². The fraction of sp³-hybridized carbons (Fsp3) is 0.174. The highest BCUT2D eigenvalue weighted by molar-refractivity contribution is 6.31. The number of pyridine rings is 1. The second-order valence-electron chi connectivity index (χ2n) is 7.48. The number of piperazine rings is 1. The van der Waals surface area contributed by atoms with Crippen molar-refractivity contribution in [2.24, 2.45) is 0 Å². The van der Waals surface area contributed by atoms with E-state index in [0.717, 1.165) is 18.8 Å². The predicted octanol–water partition coefficient (Wildman–Crippen LogP) is 4.12. The number of carbonyl (C=O) groups excluding carboxylic acids is 1. The smallest absolute Gasteiger partial charge is 0.265 e. The summed E-state index contributed by atoms with van der Waals surface area (Å²) in [7, 11) is 0. The Kier molecular flexibility index (Phi) is 5.04. The molecule has 156 valence electrons. The maximum absolute atomic E-state index is 13.1. The number of hydrogen-bond donors (Lipinski definition) is 0. The van der Waals surface area contributed by atoms with Gasteiger partial charge in [0.15, 0.2) is 0 Å². The molecule has 6 nitrogen and oxygen atoms in total. The lowest BCUT2D eigenvalue weighted by atomic mass is 10.2. The van der Waals surface area contributed by atoms with Crippen LogP contribution in [0.1, 0.15) is 10.4 Å². The molecule has 1 fully saturated rings. The third kappa shape index (κ3) is 3.73. The molecule has 8 heteroatoms. The molecule has 5 rings (SSSR count). The van der Waals surface area contributed by atoms with E-state index >= 15 is 0 Å².